The van der Waals surface area contributed by atoms with E-state index < -0.39 is 0 Å². The van der Waals surface area contributed by atoms with Gasteiger partial charge in [0.25, 0.3) is 0 Å². The maximum atomic E-state index is 4.75. The maximum Gasteiger partial charge on any atom is 0.151 e. The Hall–Kier alpha value is -0.800. The zero-order chi connectivity index (χ0) is 17.8. The van der Waals surface area contributed by atoms with Gasteiger partial charge in [-0.2, -0.15) is 0 Å². The minimum Gasteiger partial charge on any atom is -0.230 e. The first kappa shape index (κ1) is 19.5. The molecular formula is C21H31NS2. The van der Waals surface area contributed by atoms with Crippen LogP contribution in [0.3, 0.4) is 0 Å². The van der Waals surface area contributed by atoms with Crippen molar-refractivity contribution in [2.45, 2.75) is 65.1 Å². The summed E-state index contributed by atoms with van der Waals surface area (Å²) in [5, 5.41) is 0. The number of thioether (sulfide) groups is 1. The van der Waals surface area contributed by atoms with Gasteiger partial charge in [0.05, 0.1) is 10.2 Å². The fraction of sp³-hybridized carbons (Fsp3) is 0.571. The highest BCUT2D eigenvalue weighted by atomic mass is 32.2. The van der Waals surface area contributed by atoms with E-state index in [1.54, 1.807) is 5.57 Å². The van der Waals surface area contributed by atoms with Gasteiger partial charge in [0.15, 0.2) is 4.34 Å². The molecule has 0 amide bonds. The van der Waals surface area contributed by atoms with E-state index in [1.165, 1.54) is 21.9 Å². The quantitative estimate of drug-likeness (QED) is 0.388. The van der Waals surface area contributed by atoms with Gasteiger partial charge in [-0.3, -0.25) is 0 Å². The molecule has 0 atom stereocenters. The molecule has 0 aliphatic rings. The van der Waals surface area contributed by atoms with Crippen molar-refractivity contribution in [3.05, 3.63) is 35.9 Å². The standard InChI is InChI=1S/C21H31NS2/c1-20(2,3)13-9-10-16(14-21(4,5)6)15-23-19-22-17-11-7-8-12-18(17)24-19/h7-8,10-12H,9,13-15H2,1-6H3/b16-10-. The molecule has 0 aliphatic heterocycles. The van der Waals surface area contributed by atoms with Gasteiger partial charge in [0, 0.05) is 5.75 Å². The highest BCUT2D eigenvalue weighted by Crippen LogP contribution is 2.33. The molecule has 0 spiro atoms. The van der Waals surface area contributed by atoms with Crippen molar-refractivity contribution in [3.63, 3.8) is 0 Å². The molecule has 1 aromatic carbocycles. The van der Waals surface area contributed by atoms with Gasteiger partial charge in [-0.1, -0.05) is 77.1 Å². The predicted octanol–water partition coefficient (Wildman–Crippen LogP) is 7.58. The summed E-state index contributed by atoms with van der Waals surface area (Å²) in [5.74, 6) is 1.06. The summed E-state index contributed by atoms with van der Waals surface area (Å²) in [5.41, 5.74) is 3.43. The average molecular weight is 362 g/mol. The SMILES string of the molecule is CC(C)(C)CC/C=C(\CSc1nc2ccccc2s1)CC(C)(C)C. The molecule has 0 radical (unpaired) electrons. The number of rotatable bonds is 6. The van der Waals surface area contributed by atoms with Crippen molar-refractivity contribution >= 4 is 33.3 Å². The molecule has 1 aromatic heterocycles. The summed E-state index contributed by atoms with van der Waals surface area (Å²) in [6, 6.07) is 8.41. The smallest absolute Gasteiger partial charge is 0.151 e. The van der Waals surface area contributed by atoms with E-state index in [0.717, 1.165) is 17.7 Å². The largest absolute Gasteiger partial charge is 0.230 e. The van der Waals surface area contributed by atoms with Gasteiger partial charge in [0.1, 0.15) is 0 Å². The highest BCUT2D eigenvalue weighted by molar-refractivity contribution is 8.01. The van der Waals surface area contributed by atoms with Gasteiger partial charge in [-0.25, -0.2) is 4.98 Å². The molecule has 0 saturated carbocycles. The molecule has 2 rings (SSSR count). The summed E-state index contributed by atoms with van der Waals surface area (Å²) in [7, 11) is 0. The number of fused-ring (bicyclic) bond motifs is 1. The van der Waals surface area contributed by atoms with Crippen molar-refractivity contribution in [2.75, 3.05) is 5.75 Å². The number of allylic oxidation sites excluding steroid dienone is 1. The molecule has 1 heterocycles. The number of thiazole rings is 1. The average Bonchev–Trinajstić information content (AvgIpc) is 2.84. The van der Waals surface area contributed by atoms with Gasteiger partial charge in [0.2, 0.25) is 0 Å². The molecular weight excluding hydrogens is 330 g/mol. The van der Waals surface area contributed by atoms with Crippen molar-refractivity contribution in [1.29, 1.82) is 0 Å². The van der Waals surface area contributed by atoms with Crippen LogP contribution in [0.2, 0.25) is 0 Å². The molecule has 1 nitrogen and oxygen atoms in total. The number of aromatic nitrogens is 1. The van der Waals surface area contributed by atoms with E-state index in [1.807, 2.05) is 23.1 Å². The Balaban J connectivity index is 2.02. The van der Waals surface area contributed by atoms with Crippen molar-refractivity contribution in [1.82, 2.24) is 4.98 Å². The lowest BCUT2D eigenvalue weighted by molar-refractivity contribution is 0.379. The summed E-state index contributed by atoms with van der Waals surface area (Å²) in [4.78, 5) is 4.75. The lowest BCUT2D eigenvalue weighted by Gasteiger charge is -2.21. The number of nitrogens with zero attached hydrogens (tertiary/aromatic N) is 1. The Bertz CT molecular complexity index is 651. The van der Waals surface area contributed by atoms with E-state index in [0.29, 0.717) is 10.8 Å². The molecule has 24 heavy (non-hydrogen) atoms. The topological polar surface area (TPSA) is 12.9 Å². The second-order valence-corrected chi connectivity index (χ2v) is 11.2. The number of hydrogen-bond acceptors (Lipinski definition) is 3. The second-order valence-electron chi connectivity index (χ2n) is 8.94. The summed E-state index contributed by atoms with van der Waals surface area (Å²) in [6.45, 7) is 13.9. The lowest BCUT2D eigenvalue weighted by atomic mass is 9.86. The molecule has 0 unspecified atom stereocenters. The fourth-order valence-corrected chi connectivity index (χ4v) is 4.71. The fourth-order valence-electron chi connectivity index (χ4n) is 2.64. The van der Waals surface area contributed by atoms with Crippen LogP contribution in [0.15, 0.2) is 40.3 Å². The van der Waals surface area contributed by atoms with E-state index in [9.17, 15) is 0 Å². The Kier molecular flexibility index (Phi) is 6.55. The van der Waals surface area contributed by atoms with Crippen LogP contribution in [-0.4, -0.2) is 10.7 Å². The monoisotopic (exact) mass is 361 g/mol. The first-order valence-electron chi connectivity index (χ1n) is 8.79. The number of para-hydroxylation sites is 1. The molecule has 0 fully saturated rings. The molecule has 0 N–H and O–H groups in total. The molecule has 132 valence electrons. The summed E-state index contributed by atoms with van der Waals surface area (Å²) >= 11 is 3.70. The van der Waals surface area contributed by atoms with E-state index in [2.05, 4.69) is 71.9 Å². The summed E-state index contributed by atoms with van der Waals surface area (Å²) in [6.07, 6.45) is 6.06. The van der Waals surface area contributed by atoms with E-state index in [-0.39, 0.29) is 0 Å². The molecule has 0 saturated heterocycles. The van der Waals surface area contributed by atoms with Crippen LogP contribution in [0.5, 0.6) is 0 Å². The van der Waals surface area contributed by atoms with Crippen molar-refractivity contribution < 1.29 is 0 Å². The minimum atomic E-state index is 0.335. The van der Waals surface area contributed by atoms with Crippen LogP contribution in [0.1, 0.15) is 60.8 Å². The number of hydrogen-bond donors (Lipinski definition) is 0. The zero-order valence-electron chi connectivity index (χ0n) is 16.0. The van der Waals surface area contributed by atoms with Crippen LogP contribution in [0.25, 0.3) is 10.2 Å². The Labute approximate surface area is 156 Å². The predicted molar refractivity (Wildman–Crippen MR) is 111 cm³/mol. The van der Waals surface area contributed by atoms with Crippen molar-refractivity contribution in [3.8, 4) is 0 Å². The second kappa shape index (κ2) is 8.05. The number of benzene rings is 1. The van der Waals surface area contributed by atoms with Crippen LogP contribution in [0, 0.1) is 10.8 Å². The van der Waals surface area contributed by atoms with Crippen LogP contribution in [0.4, 0.5) is 0 Å². The zero-order valence-corrected chi connectivity index (χ0v) is 17.6. The Morgan fingerprint density at radius 2 is 1.79 bits per heavy atom. The first-order chi connectivity index (χ1) is 11.1. The van der Waals surface area contributed by atoms with E-state index in [4.69, 9.17) is 4.98 Å². The van der Waals surface area contributed by atoms with Crippen LogP contribution in [-0.2, 0) is 0 Å². The third kappa shape index (κ3) is 6.98. The Morgan fingerprint density at radius 1 is 1.08 bits per heavy atom. The van der Waals surface area contributed by atoms with Crippen LogP contribution >= 0.6 is 23.1 Å². The molecule has 2 aromatic rings. The van der Waals surface area contributed by atoms with Crippen LogP contribution < -0.4 is 0 Å². The van der Waals surface area contributed by atoms with Gasteiger partial charge >= 0.3 is 0 Å². The highest BCUT2D eigenvalue weighted by Gasteiger charge is 2.15. The maximum absolute atomic E-state index is 4.75. The molecule has 0 aliphatic carbocycles. The van der Waals surface area contributed by atoms with Gasteiger partial charge in [-0.05, 0) is 42.2 Å². The molecule has 0 bridgehead atoms. The minimum absolute atomic E-state index is 0.335. The van der Waals surface area contributed by atoms with Gasteiger partial charge in [-0.15, -0.1) is 11.3 Å². The molecule has 3 heteroatoms. The summed E-state index contributed by atoms with van der Waals surface area (Å²) < 4.78 is 2.47. The van der Waals surface area contributed by atoms with E-state index >= 15 is 0 Å². The third-order valence-electron chi connectivity index (χ3n) is 3.74. The lowest BCUT2D eigenvalue weighted by Crippen LogP contribution is -2.08. The van der Waals surface area contributed by atoms with Gasteiger partial charge < -0.3 is 0 Å². The Morgan fingerprint density at radius 3 is 2.42 bits per heavy atom. The van der Waals surface area contributed by atoms with Crippen molar-refractivity contribution in [2.24, 2.45) is 10.8 Å². The third-order valence-corrected chi connectivity index (χ3v) is 6.03. The first-order valence-corrected chi connectivity index (χ1v) is 10.6. The normalized spacial score (nSPS) is 13.7.